The summed E-state index contributed by atoms with van der Waals surface area (Å²) in [6.45, 7) is 2.01. The van der Waals surface area contributed by atoms with Gasteiger partial charge in [0.15, 0.2) is 5.78 Å². The molecule has 0 spiro atoms. The van der Waals surface area contributed by atoms with Crippen LogP contribution in [0.25, 0.3) is 10.9 Å². The van der Waals surface area contributed by atoms with E-state index >= 15 is 0 Å². The van der Waals surface area contributed by atoms with Crippen LogP contribution in [0, 0.1) is 5.82 Å². The van der Waals surface area contributed by atoms with Gasteiger partial charge in [0.25, 0.3) is 0 Å². The average molecular weight is 1280 g/mol. The van der Waals surface area contributed by atoms with Crippen LogP contribution in [0.5, 0.6) is 5.75 Å². The smallest absolute Gasteiger partial charge is 0.246 e. The van der Waals surface area contributed by atoms with Gasteiger partial charge in [-0.3, -0.25) is 52.9 Å². The van der Waals surface area contributed by atoms with Crippen molar-refractivity contribution in [2.75, 3.05) is 31.1 Å². The number of fused-ring (bicyclic) bond motifs is 5. The van der Waals surface area contributed by atoms with Crippen molar-refractivity contribution in [3.05, 3.63) is 131 Å². The van der Waals surface area contributed by atoms with Crippen LogP contribution in [0.3, 0.4) is 0 Å². The zero-order chi connectivity index (χ0) is 64.3. The van der Waals surface area contributed by atoms with Gasteiger partial charge in [0.2, 0.25) is 53.2 Å². The number of rotatable bonds is 11. The minimum Gasteiger partial charge on any atom is -0.508 e. The highest BCUT2D eigenvalue weighted by Gasteiger charge is 2.42. The predicted octanol–water partition coefficient (Wildman–Crippen LogP) is 2.88. The molecule has 90 heavy (non-hydrogen) atoms. The number of carbonyl (C=O) groups excluding carboxylic acids is 10. The molecule has 480 valence electrons. The molecule has 3 aliphatic heterocycles. The number of hydrogen-bond donors (Lipinski definition) is 10. The average Bonchev–Trinajstić information content (AvgIpc) is 2.87. The molecule has 12 N–H and O–H groups in total. The normalized spacial score (nSPS) is 24.0. The van der Waals surface area contributed by atoms with Gasteiger partial charge < -0.3 is 63.3 Å². The molecule has 0 unspecified atom stereocenters. The fourth-order valence-corrected chi connectivity index (χ4v) is 13.3. The summed E-state index contributed by atoms with van der Waals surface area (Å²) in [4.78, 5) is 151. The topological polar surface area (TPSA) is 350 Å². The van der Waals surface area contributed by atoms with Crippen LogP contribution in [0.15, 0.2) is 97.5 Å². The lowest BCUT2D eigenvalue weighted by Crippen LogP contribution is -2.60. The van der Waals surface area contributed by atoms with Gasteiger partial charge in [-0.2, -0.15) is 23.5 Å². The first-order valence-corrected chi connectivity index (χ1v) is 32.7. The molecular weight excluding hydrogens is 1200 g/mol. The number of nitrogens with two attached hydrogens (primary N) is 2. The molecular formula is C64H79FN12O11S2. The van der Waals surface area contributed by atoms with Crippen molar-refractivity contribution in [1.29, 1.82) is 0 Å². The molecule has 2 bridgehead atoms. The van der Waals surface area contributed by atoms with Gasteiger partial charge >= 0.3 is 0 Å². The number of halogens is 1. The number of ketones is 1. The standard InChI is InChI=1S/C64H79FN12O11S2/c1-38-59(83)73-50(30-39-12-15-45(78)16-13-39)63(87)77-27-6-11-54(77)62(86)75-52(58(67)82)37-90-36-42-8-4-7-41(29-42)35-89-28-22-57(81)71-48(9-2-3-23-66)55(79)18-19-56(80)72-49(32-43-34-69-47-17-14-44(65)33-46(43)47)60(84)74-51(31-40-20-24-68-25-21-40)64(88)76-26-5-10-53(76)61(85)70-38/h4,7-8,12-17,20-21,24-25,29,33-34,38,48-54,69,78H,2-3,5-6,9-11,18-19,22-23,26-28,30-32,35-37,66H2,1H3,(H2,67,82)(H,70,85)(H,71,81)(H,72,80)(H,73,83)(H,74,84)(H,75,86)/t38-,48-,49-,50-,51-,52-,53-,54-/m0/s1. The first-order chi connectivity index (χ1) is 43.3. The van der Waals surface area contributed by atoms with E-state index < -0.39 is 107 Å². The van der Waals surface area contributed by atoms with Crippen molar-refractivity contribution >= 4 is 93.4 Å². The molecule has 8 rings (SSSR count). The van der Waals surface area contributed by atoms with Crippen molar-refractivity contribution in [3.63, 3.8) is 0 Å². The van der Waals surface area contributed by atoms with Crippen molar-refractivity contribution < 1.29 is 57.4 Å². The molecule has 0 radical (unpaired) electrons. The molecule has 3 aliphatic rings. The van der Waals surface area contributed by atoms with Crippen molar-refractivity contribution in [1.82, 2.24) is 51.7 Å². The Bertz CT molecular complexity index is 3380. The summed E-state index contributed by atoms with van der Waals surface area (Å²) in [6, 6.07) is 11.7. The number of phenols is 1. The quantitative estimate of drug-likeness (QED) is 0.0851. The Balaban J connectivity index is 1.06. The molecule has 2 saturated heterocycles. The van der Waals surface area contributed by atoms with E-state index in [2.05, 4.69) is 41.9 Å². The summed E-state index contributed by atoms with van der Waals surface area (Å²) >= 11 is 2.89. The number of aromatic amines is 1. The van der Waals surface area contributed by atoms with Gasteiger partial charge in [0.05, 0.1) is 6.04 Å². The van der Waals surface area contributed by atoms with Crippen molar-refractivity contribution in [3.8, 4) is 5.75 Å². The van der Waals surface area contributed by atoms with Gasteiger partial charge in [-0.1, -0.05) is 36.4 Å². The molecule has 0 aliphatic carbocycles. The highest BCUT2D eigenvalue weighted by Crippen LogP contribution is 2.26. The number of amides is 9. The Morgan fingerprint density at radius 3 is 1.92 bits per heavy atom. The highest BCUT2D eigenvalue weighted by atomic mass is 32.2. The SMILES string of the molecule is C[C@@H]1NC(=O)[C@@H]2CCCN2C(=O)[C@H](Cc2ccncc2)NC(=O)[C@H](Cc2c[nH]c3ccc(F)cc23)NC(=O)CCC(=O)[C@H](CCCCN)NC(=O)CCSCc2cccc(c2)CSC[C@@H](C(N)=O)NC(=O)[C@@H]2CCCN2C(=O)[C@H](Cc2ccc(O)cc2)NC1=O. The van der Waals surface area contributed by atoms with E-state index in [1.54, 1.807) is 30.5 Å². The number of Topliss-reactive ketones (excluding diaryl/α,β-unsaturated/α-hetero) is 1. The Hall–Kier alpha value is -8.36. The van der Waals surface area contributed by atoms with Gasteiger partial charge in [-0.25, -0.2) is 4.39 Å². The number of carbonyl (C=O) groups is 10. The zero-order valence-corrected chi connectivity index (χ0v) is 51.9. The van der Waals surface area contributed by atoms with Crippen LogP contribution in [-0.4, -0.2) is 163 Å². The lowest BCUT2D eigenvalue weighted by molar-refractivity contribution is -0.143. The fraction of sp³-hybridized carbons (Fsp3) is 0.453. The number of thioether (sulfide) groups is 2. The number of primary amides is 1. The van der Waals surface area contributed by atoms with E-state index in [9.17, 15) is 57.4 Å². The first kappa shape index (κ1) is 67.6. The summed E-state index contributed by atoms with van der Waals surface area (Å²) in [7, 11) is 0. The Morgan fingerprint density at radius 1 is 0.656 bits per heavy atom. The van der Waals surface area contributed by atoms with Crippen molar-refractivity contribution in [2.24, 2.45) is 11.5 Å². The first-order valence-electron chi connectivity index (χ1n) is 30.4. The maximum atomic E-state index is 15.0. The molecule has 9 amide bonds. The maximum absolute atomic E-state index is 15.0. The lowest BCUT2D eigenvalue weighted by atomic mass is 10.00. The largest absolute Gasteiger partial charge is 0.508 e. The third-order valence-electron chi connectivity index (χ3n) is 16.2. The number of aromatic hydroxyl groups is 1. The van der Waals surface area contributed by atoms with E-state index in [0.717, 1.165) is 11.1 Å². The number of nitrogens with one attached hydrogen (secondary N) is 7. The van der Waals surface area contributed by atoms with Gasteiger partial charge in [-0.15, -0.1) is 0 Å². The van der Waals surface area contributed by atoms with Crippen LogP contribution in [0.1, 0.15) is 98.9 Å². The highest BCUT2D eigenvalue weighted by molar-refractivity contribution is 7.98. The third kappa shape index (κ3) is 19.1. The maximum Gasteiger partial charge on any atom is 0.246 e. The summed E-state index contributed by atoms with van der Waals surface area (Å²) in [5.41, 5.74) is 15.7. The molecule has 23 nitrogen and oxygen atoms in total. The molecule has 2 fully saturated rings. The van der Waals surface area contributed by atoms with Crippen LogP contribution < -0.4 is 43.4 Å². The Kier molecular flexibility index (Phi) is 24.7. The molecule has 2 aromatic heterocycles. The number of phenolic OH excluding ortho intramolecular Hbond substituents is 1. The predicted molar refractivity (Wildman–Crippen MR) is 338 cm³/mol. The number of hydrogen-bond acceptors (Lipinski definition) is 15. The zero-order valence-electron chi connectivity index (χ0n) is 50.2. The third-order valence-corrected chi connectivity index (χ3v) is 18.4. The summed E-state index contributed by atoms with van der Waals surface area (Å²) in [5, 5.41) is 27.2. The van der Waals surface area contributed by atoms with Gasteiger partial charge in [-0.05, 0) is 129 Å². The second-order valence-corrected chi connectivity index (χ2v) is 25.1. The van der Waals surface area contributed by atoms with E-state index in [1.807, 2.05) is 24.3 Å². The number of benzene rings is 3. The van der Waals surface area contributed by atoms with Crippen LogP contribution in [0.4, 0.5) is 4.39 Å². The van der Waals surface area contributed by atoms with E-state index in [4.69, 9.17) is 11.5 Å². The molecule has 3 aromatic carbocycles. The van der Waals surface area contributed by atoms with Crippen LogP contribution in [0.2, 0.25) is 0 Å². The lowest BCUT2D eigenvalue weighted by Gasteiger charge is -2.31. The summed E-state index contributed by atoms with van der Waals surface area (Å²) in [6.07, 6.45) is 6.29. The Labute approximate surface area is 529 Å². The molecule has 8 atom stereocenters. The van der Waals surface area contributed by atoms with Gasteiger partial charge in [0, 0.05) is 104 Å². The van der Waals surface area contributed by atoms with Crippen molar-refractivity contribution in [2.45, 2.75) is 150 Å². The second-order valence-electron chi connectivity index (χ2n) is 23.0. The minimum absolute atomic E-state index is 0.0326. The number of pyridine rings is 1. The number of aromatic nitrogens is 2. The monoisotopic (exact) mass is 1270 g/mol. The van der Waals surface area contributed by atoms with Gasteiger partial charge in [0.1, 0.15) is 53.9 Å². The fourth-order valence-electron chi connectivity index (χ4n) is 11.4. The molecule has 5 aromatic rings. The summed E-state index contributed by atoms with van der Waals surface area (Å²) in [5.74, 6) is -5.37. The van der Waals surface area contributed by atoms with E-state index in [-0.39, 0.29) is 88.3 Å². The Morgan fingerprint density at radius 2 is 1.27 bits per heavy atom. The number of unbranched alkanes of at least 4 members (excludes halogenated alkanes) is 1. The van der Waals surface area contributed by atoms with Crippen LogP contribution in [-0.2, 0) is 78.7 Å². The molecule has 26 heteroatoms. The van der Waals surface area contributed by atoms with E-state index in [0.29, 0.717) is 77.1 Å². The minimum atomic E-state index is -1.40. The summed E-state index contributed by atoms with van der Waals surface area (Å²) < 4.78 is 14.7. The number of nitrogens with zero attached hydrogens (tertiary/aromatic N) is 3. The molecule has 0 saturated carbocycles. The second kappa shape index (κ2) is 32.9. The van der Waals surface area contributed by atoms with E-state index in [1.165, 1.54) is 83.0 Å². The van der Waals surface area contributed by atoms with Crippen LogP contribution >= 0.6 is 23.5 Å². The molecule has 5 heterocycles. The number of H-pyrrole nitrogens is 1.